The fourth-order valence-electron chi connectivity index (χ4n) is 3.48. The number of ketones is 1. The van der Waals surface area contributed by atoms with E-state index in [2.05, 4.69) is 5.32 Å². The third-order valence-electron chi connectivity index (χ3n) is 5.26. The van der Waals surface area contributed by atoms with Crippen molar-refractivity contribution in [3.05, 3.63) is 58.1 Å². The summed E-state index contributed by atoms with van der Waals surface area (Å²) in [5.41, 5.74) is 4.90. The van der Waals surface area contributed by atoms with Crippen LogP contribution in [0.4, 0.5) is 0 Å². The van der Waals surface area contributed by atoms with E-state index in [4.69, 9.17) is 9.47 Å². The molecule has 0 spiro atoms. The maximum absolute atomic E-state index is 12.4. The van der Waals surface area contributed by atoms with Gasteiger partial charge in [0, 0.05) is 42.5 Å². The smallest absolute Gasteiger partial charge is 0.220 e. The molecule has 5 nitrogen and oxygen atoms in total. The maximum Gasteiger partial charge on any atom is 0.220 e. The number of fused-ring (bicyclic) bond motifs is 1. The predicted molar refractivity (Wildman–Crippen MR) is 113 cm³/mol. The monoisotopic (exact) mass is 395 g/mol. The van der Waals surface area contributed by atoms with E-state index in [1.807, 2.05) is 58.0 Å². The summed E-state index contributed by atoms with van der Waals surface area (Å²) in [6.07, 6.45) is 1.37. The van der Waals surface area contributed by atoms with Gasteiger partial charge in [0.15, 0.2) is 5.78 Å². The zero-order valence-electron chi connectivity index (χ0n) is 17.6. The maximum atomic E-state index is 12.4. The number of carbonyl (C=O) groups is 2. The van der Waals surface area contributed by atoms with Crippen molar-refractivity contribution >= 4 is 11.7 Å². The van der Waals surface area contributed by atoms with Crippen molar-refractivity contribution in [1.29, 1.82) is 0 Å². The Labute approximate surface area is 172 Å². The Kier molecular flexibility index (Phi) is 6.57. The number of hydrogen-bond acceptors (Lipinski definition) is 4. The molecule has 0 saturated heterocycles. The molecule has 0 radical (unpaired) electrons. The Bertz CT molecular complexity index is 919. The van der Waals surface area contributed by atoms with Gasteiger partial charge in [0.1, 0.15) is 17.6 Å². The minimum absolute atomic E-state index is 0.0156. The fraction of sp³-hybridized carbons (Fsp3) is 0.417. The molecule has 154 valence electrons. The summed E-state index contributed by atoms with van der Waals surface area (Å²) in [5, 5.41) is 2.90. The second-order valence-electron chi connectivity index (χ2n) is 7.63. The van der Waals surface area contributed by atoms with Gasteiger partial charge in [0.05, 0.1) is 6.61 Å². The summed E-state index contributed by atoms with van der Waals surface area (Å²) in [4.78, 5) is 24.7. The largest absolute Gasteiger partial charge is 0.494 e. The van der Waals surface area contributed by atoms with Crippen LogP contribution in [0.2, 0.25) is 0 Å². The predicted octanol–water partition coefficient (Wildman–Crippen LogP) is 4.30. The van der Waals surface area contributed by atoms with E-state index in [1.165, 1.54) is 0 Å². The first kappa shape index (κ1) is 20.9. The van der Waals surface area contributed by atoms with Crippen LogP contribution in [0.1, 0.15) is 59.3 Å². The molecule has 2 aromatic rings. The zero-order chi connectivity index (χ0) is 21.0. The average Bonchev–Trinajstić information content (AvgIpc) is 3.05. The lowest BCUT2D eigenvalue weighted by atomic mass is 10.0. The van der Waals surface area contributed by atoms with Crippen LogP contribution in [-0.2, 0) is 17.8 Å². The van der Waals surface area contributed by atoms with Gasteiger partial charge in [-0.1, -0.05) is 12.1 Å². The first-order valence-electron chi connectivity index (χ1n) is 10.2. The molecule has 3 rings (SSSR count). The topological polar surface area (TPSA) is 64.6 Å². The fourth-order valence-corrected chi connectivity index (χ4v) is 3.48. The highest BCUT2D eigenvalue weighted by Crippen LogP contribution is 2.35. The molecule has 1 aliphatic rings. The number of carbonyl (C=O) groups excluding carboxylic acids is 2. The van der Waals surface area contributed by atoms with E-state index in [-0.39, 0.29) is 30.6 Å². The lowest BCUT2D eigenvalue weighted by Crippen LogP contribution is -2.23. The second kappa shape index (κ2) is 9.12. The number of amides is 1. The standard InChI is InChI=1S/C24H29NO4/c1-5-28-22-12-19-11-17(4)29-23(19)13-20(22)14-25-24(27)9-8-21(26)18-7-6-15(2)16(3)10-18/h6-7,10,12-13,17H,5,8-9,11,14H2,1-4H3,(H,25,27)/t17-/m1/s1. The van der Waals surface area contributed by atoms with E-state index >= 15 is 0 Å². The minimum atomic E-state index is -0.153. The molecule has 1 atom stereocenters. The van der Waals surface area contributed by atoms with E-state index in [0.29, 0.717) is 18.7 Å². The first-order valence-corrected chi connectivity index (χ1v) is 10.2. The van der Waals surface area contributed by atoms with Gasteiger partial charge in [-0.15, -0.1) is 0 Å². The Hall–Kier alpha value is -2.82. The number of hydrogen-bond donors (Lipinski definition) is 1. The van der Waals surface area contributed by atoms with Gasteiger partial charge in [0.25, 0.3) is 0 Å². The van der Waals surface area contributed by atoms with Crippen molar-refractivity contribution in [2.75, 3.05) is 6.61 Å². The molecule has 29 heavy (non-hydrogen) atoms. The molecular formula is C24H29NO4. The number of ether oxygens (including phenoxy) is 2. The number of Topliss-reactive ketones (excluding diaryl/α,β-unsaturated/α-hetero) is 1. The molecule has 1 N–H and O–H groups in total. The van der Waals surface area contributed by atoms with Crippen LogP contribution in [0.15, 0.2) is 30.3 Å². The molecule has 0 unspecified atom stereocenters. The van der Waals surface area contributed by atoms with Gasteiger partial charge >= 0.3 is 0 Å². The van der Waals surface area contributed by atoms with Gasteiger partial charge in [0.2, 0.25) is 5.91 Å². The number of benzene rings is 2. The number of rotatable bonds is 8. The Morgan fingerprint density at radius 2 is 1.93 bits per heavy atom. The normalized spacial score (nSPS) is 14.8. The molecule has 0 bridgehead atoms. The molecular weight excluding hydrogens is 366 g/mol. The zero-order valence-corrected chi connectivity index (χ0v) is 17.6. The molecule has 0 fully saturated rings. The van der Waals surface area contributed by atoms with Gasteiger partial charge in [-0.05, 0) is 57.0 Å². The summed E-state index contributed by atoms with van der Waals surface area (Å²) in [5.74, 6) is 1.46. The van der Waals surface area contributed by atoms with Gasteiger partial charge in [-0.25, -0.2) is 0 Å². The quantitative estimate of drug-likeness (QED) is 0.677. The molecule has 1 heterocycles. The summed E-state index contributed by atoms with van der Waals surface area (Å²) in [6, 6.07) is 9.60. The minimum Gasteiger partial charge on any atom is -0.494 e. The average molecular weight is 395 g/mol. The molecule has 0 saturated carbocycles. The van der Waals surface area contributed by atoms with Crippen LogP contribution in [0.3, 0.4) is 0 Å². The Morgan fingerprint density at radius 3 is 2.66 bits per heavy atom. The van der Waals surface area contributed by atoms with Crippen LogP contribution in [-0.4, -0.2) is 24.4 Å². The van der Waals surface area contributed by atoms with Crippen LogP contribution >= 0.6 is 0 Å². The molecule has 1 amide bonds. The molecule has 1 aliphatic heterocycles. The van der Waals surface area contributed by atoms with Crippen molar-refractivity contribution in [3.63, 3.8) is 0 Å². The van der Waals surface area contributed by atoms with Crippen molar-refractivity contribution in [3.8, 4) is 11.5 Å². The summed E-state index contributed by atoms with van der Waals surface area (Å²) in [6.45, 7) is 8.87. The van der Waals surface area contributed by atoms with E-state index < -0.39 is 0 Å². The summed E-state index contributed by atoms with van der Waals surface area (Å²) in [7, 11) is 0. The third-order valence-corrected chi connectivity index (χ3v) is 5.26. The molecule has 0 aromatic heterocycles. The van der Waals surface area contributed by atoms with Crippen LogP contribution in [0.5, 0.6) is 11.5 Å². The SMILES string of the molecule is CCOc1cc2c(cc1CNC(=O)CCC(=O)c1ccc(C)c(C)c1)O[C@H](C)C2. The lowest BCUT2D eigenvalue weighted by molar-refractivity contribution is -0.121. The number of nitrogens with one attached hydrogen (secondary N) is 1. The highest BCUT2D eigenvalue weighted by Gasteiger charge is 2.22. The molecule has 5 heteroatoms. The van der Waals surface area contributed by atoms with E-state index in [9.17, 15) is 9.59 Å². The Morgan fingerprint density at radius 1 is 1.14 bits per heavy atom. The van der Waals surface area contributed by atoms with Gasteiger partial charge < -0.3 is 14.8 Å². The van der Waals surface area contributed by atoms with Crippen LogP contribution in [0.25, 0.3) is 0 Å². The highest BCUT2D eigenvalue weighted by molar-refractivity contribution is 5.98. The molecule has 0 aliphatic carbocycles. The van der Waals surface area contributed by atoms with Crippen LogP contribution in [0, 0.1) is 13.8 Å². The molecule has 2 aromatic carbocycles. The lowest BCUT2D eigenvalue weighted by Gasteiger charge is -2.13. The van der Waals surface area contributed by atoms with Crippen molar-refractivity contribution in [2.24, 2.45) is 0 Å². The van der Waals surface area contributed by atoms with Crippen LogP contribution < -0.4 is 14.8 Å². The van der Waals surface area contributed by atoms with E-state index in [0.717, 1.165) is 40.2 Å². The van der Waals surface area contributed by atoms with Crippen molar-refractivity contribution in [2.45, 2.75) is 59.6 Å². The Balaban J connectivity index is 1.57. The van der Waals surface area contributed by atoms with Gasteiger partial charge in [-0.2, -0.15) is 0 Å². The highest BCUT2D eigenvalue weighted by atomic mass is 16.5. The second-order valence-corrected chi connectivity index (χ2v) is 7.63. The van der Waals surface area contributed by atoms with Gasteiger partial charge in [-0.3, -0.25) is 9.59 Å². The third kappa shape index (κ3) is 5.17. The van der Waals surface area contributed by atoms with Crippen molar-refractivity contribution in [1.82, 2.24) is 5.32 Å². The summed E-state index contributed by atoms with van der Waals surface area (Å²) >= 11 is 0. The number of aryl methyl sites for hydroxylation is 2. The summed E-state index contributed by atoms with van der Waals surface area (Å²) < 4.78 is 11.6. The van der Waals surface area contributed by atoms with E-state index in [1.54, 1.807) is 0 Å². The van der Waals surface area contributed by atoms with Crippen molar-refractivity contribution < 1.29 is 19.1 Å². The first-order chi connectivity index (χ1) is 13.9.